The number of benzene rings is 3. The van der Waals surface area contributed by atoms with Crippen LogP contribution in [0.15, 0.2) is 78.9 Å². The van der Waals surface area contributed by atoms with Gasteiger partial charge < -0.3 is 9.64 Å². The first-order valence-electron chi connectivity index (χ1n) is 9.27. The monoisotopic (exact) mass is 377 g/mol. The maximum Gasteiger partial charge on any atom is 0.223 e. The number of aryl methyl sites for hydroxylation is 1. The first kappa shape index (κ1) is 19.6. The quantitative estimate of drug-likeness (QED) is 0.579. The Bertz CT molecular complexity index is 892. The van der Waals surface area contributed by atoms with Crippen LogP contribution in [-0.2, 0) is 11.2 Å². The molecule has 3 rings (SSSR count). The van der Waals surface area contributed by atoms with Crippen molar-refractivity contribution in [3.8, 4) is 5.75 Å². The van der Waals surface area contributed by atoms with E-state index in [-0.39, 0.29) is 17.8 Å². The number of nitrogens with zero attached hydrogens (tertiary/aromatic N) is 1. The normalized spacial score (nSPS) is 11.7. The summed E-state index contributed by atoms with van der Waals surface area (Å²) >= 11 is 0. The van der Waals surface area contributed by atoms with Gasteiger partial charge >= 0.3 is 0 Å². The molecule has 3 nitrogen and oxygen atoms in total. The van der Waals surface area contributed by atoms with Gasteiger partial charge in [0, 0.05) is 13.5 Å². The third-order valence-electron chi connectivity index (χ3n) is 4.87. The topological polar surface area (TPSA) is 29.5 Å². The molecule has 0 saturated heterocycles. The highest BCUT2D eigenvalue weighted by Crippen LogP contribution is 2.28. The molecule has 0 spiro atoms. The third-order valence-corrected chi connectivity index (χ3v) is 4.87. The lowest BCUT2D eigenvalue weighted by Gasteiger charge is -2.29. The molecule has 0 unspecified atom stereocenters. The molecule has 0 fully saturated rings. The van der Waals surface area contributed by atoms with Gasteiger partial charge in [-0.25, -0.2) is 4.39 Å². The van der Waals surface area contributed by atoms with Gasteiger partial charge in [-0.1, -0.05) is 54.6 Å². The van der Waals surface area contributed by atoms with E-state index in [9.17, 15) is 9.18 Å². The van der Waals surface area contributed by atoms with Crippen molar-refractivity contribution >= 4 is 5.91 Å². The van der Waals surface area contributed by atoms with Crippen molar-refractivity contribution < 1.29 is 13.9 Å². The Labute approximate surface area is 165 Å². The van der Waals surface area contributed by atoms with Gasteiger partial charge in [0.15, 0.2) is 0 Å². The second-order valence-corrected chi connectivity index (χ2v) is 6.72. The van der Waals surface area contributed by atoms with Gasteiger partial charge in [-0.05, 0) is 47.4 Å². The number of carbonyl (C=O) groups excluding carboxylic acids is 1. The second kappa shape index (κ2) is 9.18. The highest BCUT2D eigenvalue weighted by Gasteiger charge is 2.23. The van der Waals surface area contributed by atoms with Crippen LogP contribution in [0.1, 0.15) is 29.2 Å². The number of hydrogen-bond donors (Lipinski definition) is 0. The summed E-state index contributed by atoms with van der Waals surface area (Å²) in [6.07, 6.45) is 1.05. The van der Waals surface area contributed by atoms with Crippen LogP contribution in [0.25, 0.3) is 0 Å². The van der Waals surface area contributed by atoms with Crippen molar-refractivity contribution in [2.75, 3.05) is 14.2 Å². The highest BCUT2D eigenvalue weighted by atomic mass is 19.1. The number of halogens is 1. The molecule has 0 aromatic heterocycles. The Morgan fingerprint density at radius 3 is 2.14 bits per heavy atom. The minimum absolute atomic E-state index is 0.0361. The third kappa shape index (κ3) is 4.77. The van der Waals surface area contributed by atoms with Crippen LogP contribution in [0.2, 0.25) is 0 Å². The van der Waals surface area contributed by atoms with Gasteiger partial charge in [-0.2, -0.15) is 0 Å². The fraction of sp³-hybridized carbons (Fsp3) is 0.208. The lowest BCUT2D eigenvalue weighted by atomic mass is 9.96. The Balaban J connectivity index is 1.77. The Morgan fingerprint density at radius 1 is 0.929 bits per heavy atom. The first-order chi connectivity index (χ1) is 13.6. The molecule has 0 N–H and O–H groups in total. The number of methoxy groups -OCH3 is 1. The Kier molecular flexibility index (Phi) is 6.43. The van der Waals surface area contributed by atoms with Crippen LogP contribution >= 0.6 is 0 Å². The first-order valence-corrected chi connectivity index (χ1v) is 9.27. The average Bonchev–Trinajstić information content (AvgIpc) is 2.74. The highest BCUT2D eigenvalue weighted by molar-refractivity contribution is 5.77. The SMILES string of the molecule is COc1ccc(CCC(=O)N(C)[C@H](c2ccccc2)c2ccc(F)cc2)cc1. The molecule has 3 aromatic carbocycles. The van der Waals surface area contributed by atoms with Crippen molar-refractivity contribution in [3.05, 3.63) is 101 Å². The van der Waals surface area contributed by atoms with E-state index in [0.29, 0.717) is 12.8 Å². The maximum absolute atomic E-state index is 13.4. The van der Waals surface area contributed by atoms with E-state index in [1.54, 1.807) is 31.2 Å². The number of rotatable bonds is 7. The zero-order valence-electron chi connectivity index (χ0n) is 16.1. The van der Waals surface area contributed by atoms with E-state index in [2.05, 4.69) is 0 Å². The van der Waals surface area contributed by atoms with Gasteiger partial charge in [0.2, 0.25) is 5.91 Å². The van der Waals surface area contributed by atoms with E-state index in [0.717, 1.165) is 22.4 Å². The molecule has 1 amide bonds. The minimum atomic E-state index is -0.288. The molecule has 3 aromatic rings. The Hall–Kier alpha value is -3.14. The van der Waals surface area contributed by atoms with E-state index >= 15 is 0 Å². The number of ether oxygens (including phenoxy) is 1. The molecule has 0 radical (unpaired) electrons. The van der Waals surface area contributed by atoms with Gasteiger partial charge in [-0.15, -0.1) is 0 Å². The summed E-state index contributed by atoms with van der Waals surface area (Å²) < 4.78 is 18.6. The number of hydrogen-bond acceptors (Lipinski definition) is 2. The van der Waals surface area contributed by atoms with E-state index < -0.39 is 0 Å². The molecule has 0 saturated carbocycles. The molecule has 0 aliphatic carbocycles. The molecular weight excluding hydrogens is 353 g/mol. The molecular formula is C24H24FNO2. The van der Waals surface area contributed by atoms with Crippen LogP contribution < -0.4 is 4.74 Å². The van der Waals surface area contributed by atoms with Crippen LogP contribution in [0, 0.1) is 5.82 Å². The summed E-state index contributed by atoms with van der Waals surface area (Å²) in [6, 6.07) is 23.6. The predicted octanol–water partition coefficient (Wildman–Crippen LogP) is 5.01. The summed E-state index contributed by atoms with van der Waals surface area (Å²) in [5.74, 6) is 0.547. The number of carbonyl (C=O) groups is 1. The van der Waals surface area contributed by atoms with Gasteiger partial charge in [-0.3, -0.25) is 4.79 Å². The summed E-state index contributed by atoms with van der Waals surface area (Å²) in [5, 5.41) is 0. The molecule has 28 heavy (non-hydrogen) atoms. The summed E-state index contributed by atoms with van der Waals surface area (Å²) in [5.41, 5.74) is 2.96. The molecule has 4 heteroatoms. The molecule has 0 aliphatic heterocycles. The lowest BCUT2D eigenvalue weighted by molar-refractivity contribution is -0.131. The summed E-state index contributed by atoms with van der Waals surface area (Å²) in [6.45, 7) is 0. The molecule has 0 heterocycles. The molecule has 144 valence electrons. The lowest BCUT2D eigenvalue weighted by Crippen LogP contribution is -2.32. The van der Waals surface area contributed by atoms with E-state index in [4.69, 9.17) is 4.74 Å². The standard InChI is InChI=1S/C24H24FNO2/c1-26(23(27)17-10-18-8-15-22(28-2)16-9-18)24(19-6-4-3-5-7-19)20-11-13-21(25)14-12-20/h3-9,11-16,24H,10,17H2,1-2H3/t24-/m1/s1. The van der Waals surface area contributed by atoms with E-state index in [1.807, 2.05) is 54.6 Å². The second-order valence-electron chi connectivity index (χ2n) is 6.72. The van der Waals surface area contributed by atoms with Gasteiger partial charge in [0.1, 0.15) is 11.6 Å². The van der Waals surface area contributed by atoms with Crippen LogP contribution in [0.5, 0.6) is 5.75 Å². The fourth-order valence-electron chi connectivity index (χ4n) is 3.28. The van der Waals surface area contributed by atoms with Crippen LogP contribution in [0.3, 0.4) is 0 Å². The smallest absolute Gasteiger partial charge is 0.223 e. The van der Waals surface area contributed by atoms with Gasteiger partial charge in [0.05, 0.1) is 13.2 Å². The van der Waals surface area contributed by atoms with Crippen molar-refractivity contribution in [2.24, 2.45) is 0 Å². The van der Waals surface area contributed by atoms with Crippen molar-refractivity contribution in [1.29, 1.82) is 0 Å². The predicted molar refractivity (Wildman–Crippen MR) is 109 cm³/mol. The van der Waals surface area contributed by atoms with Gasteiger partial charge in [0.25, 0.3) is 0 Å². The van der Waals surface area contributed by atoms with Crippen molar-refractivity contribution in [1.82, 2.24) is 4.90 Å². The largest absolute Gasteiger partial charge is 0.497 e. The van der Waals surface area contributed by atoms with E-state index in [1.165, 1.54) is 12.1 Å². The van der Waals surface area contributed by atoms with Crippen LogP contribution in [-0.4, -0.2) is 25.0 Å². The summed E-state index contributed by atoms with van der Waals surface area (Å²) in [4.78, 5) is 14.7. The molecule has 1 atom stereocenters. The fourth-order valence-corrected chi connectivity index (χ4v) is 3.28. The zero-order valence-corrected chi connectivity index (χ0v) is 16.1. The zero-order chi connectivity index (χ0) is 19.9. The average molecular weight is 377 g/mol. The van der Waals surface area contributed by atoms with Crippen molar-refractivity contribution in [2.45, 2.75) is 18.9 Å². The van der Waals surface area contributed by atoms with Crippen molar-refractivity contribution in [3.63, 3.8) is 0 Å². The number of amides is 1. The molecule has 0 bridgehead atoms. The maximum atomic E-state index is 13.4. The minimum Gasteiger partial charge on any atom is -0.497 e. The van der Waals surface area contributed by atoms with Crippen LogP contribution in [0.4, 0.5) is 4.39 Å². The molecule has 0 aliphatic rings. The summed E-state index contributed by atoms with van der Waals surface area (Å²) in [7, 11) is 3.43. The Morgan fingerprint density at radius 2 is 1.54 bits per heavy atom.